The van der Waals surface area contributed by atoms with E-state index >= 15 is 0 Å². The van der Waals surface area contributed by atoms with Crippen molar-refractivity contribution in [3.8, 4) is 0 Å². The highest BCUT2D eigenvalue weighted by atomic mass is 32.1. The van der Waals surface area contributed by atoms with Crippen molar-refractivity contribution in [2.45, 2.75) is 13.8 Å². The predicted molar refractivity (Wildman–Crippen MR) is 59.3 cm³/mol. The summed E-state index contributed by atoms with van der Waals surface area (Å²) in [5.74, 6) is 0. The third-order valence-electron chi connectivity index (χ3n) is 1.73. The first-order chi connectivity index (χ1) is 6.69. The number of hydrogen-bond acceptors (Lipinski definition) is 3. The number of nitrogens with two attached hydrogens (primary N) is 1. The number of benzene rings is 1. The van der Waals surface area contributed by atoms with Crippen molar-refractivity contribution in [2.24, 2.45) is 5.73 Å². The molecule has 0 radical (unpaired) electrons. The number of carbonyl (C=O) groups excluding carboxylic acids is 1. The summed E-state index contributed by atoms with van der Waals surface area (Å²) in [6, 6.07) is 6.30. The highest BCUT2D eigenvalue weighted by Crippen LogP contribution is 2.23. The third kappa shape index (κ3) is 2.29. The molecule has 1 aromatic carbocycles. The zero-order valence-corrected chi connectivity index (χ0v) is 8.97. The molecule has 1 amide bonds. The van der Waals surface area contributed by atoms with Gasteiger partial charge < -0.3 is 5.73 Å². The number of para-hydroxylation sites is 1. The van der Waals surface area contributed by atoms with Crippen LogP contribution in [0.5, 0.6) is 0 Å². The topological polar surface area (TPSA) is 56.0 Å². The van der Waals surface area contributed by atoms with Crippen molar-refractivity contribution in [1.29, 1.82) is 0 Å². The Kier molecular flexibility index (Phi) is 3.59. The number of rotatable bonds is 0. The first kappa shape index (κ1) is 10.7. The lowest BCUT2D eigenvalue weighted by molar-refractivity contribution is -0.106. The lowest BCUT2D eigenvalue weighted by atomic mass is 10.2. The van der Waals surface area contributed by atoms with Gasteiger partial charge in [0.1, 0.15) is 0 Å². The third-order valence-corrected chi connectivity index (χ3v) is 2.66. The smallest absolute Gasteiger partial charge is 0.204 e. The van der Waals surface area contributed by atoms with Crippen LogP contribution in [0.4, 0.5) is 0 Å². The summed E-state index contributed by atoms with van der Waals surface area (Å²) in [6.07, 6.45) is 0.250. The molecule has 0 atom stereocenters. The molecule has 0 aliphatic carbocycles. The van der Waals surface area contributed by atoms with E-state index in [4.69, 9.17) is 4.79 Å². The monoisotopic (exact) mass is 208 g/mol. The molecular weight excluding hydrogens is 196 g/mol. The number of amides is 1. The average Bonchev–Trinajstić information content (AvgIpc) is 2.48. The second-order valence-electron chi connectivity index (χ2n) is 2.79. The van der Waals surface area contributed by atoms with Gasteiger partial charge in [-0.05, 0) is 25.5 Å². The van der Waals surface area contributed by atoms with E-state index in [0.29, 0.717) is 0 Å². The zero-order valence-electron chi connectivity index (χ0n) is 8.15. The number of aromatic nitrogens is 1. The minimum absolute atomic E-state index is 0.250. The molecule has 4 heteroatoms. The summed E-state index contributed by atoms with van der Waals surface area (Å²) < 4.78 is 1.29. The number of aryl methyl sites for hydroxylation is 2. The van der Waals surface area contributed by atoms with Crippen LogP contribution in [0.15, 0.2) is 18.2 Å². The van der Waals surface area contributed by atoms with E-state index in [1.165, 1.54) is 10.3 Å². The van der Waals surface area contributed by atoms with Crippen molar-refractivity contribution in [1.82, 2.24) is 4.98 Å². The Hall–Kier alpha value is -1.42. The highest BCUT2D eigenvalue weighted by molar-refractivity contribution is 7.18. The normalized spacial score (nSPS) is 9.29. The molecule has 0 bridgehead atoms. The minimum atomic E-state index is 0.250. The van der Waals surface area contributed by atoms with Crippen LogP contribution in [-0.2, 0) is 4.79 Å². The quantitative estimate of drug-likeness (QED) is 0.673. The van der Waals surface area contributed by atoms with Gasteiger partial charge >= 0.3 is 0 Å². The Balaban J connectivity index is 0.000000293. The molecule has 2 rings (SSSR count). The second-order valence-corrected chi connectivity index (χ2v) is 4.03. The van der Waals surface area contributed by atoms with E-state index in [-0.39, 0.29) is 6.41 Å². The van der Waals surface area contributed by atoms with E-state index in [1.54, 1.807) is 11.3 Å². The summed E-state index contributed by atoms with van der Waals surface area (Å²) in [5, 5.41) is 1.15. The van der Waals surface area contributed by atoms with Gasteiger partial charge in [0.25, 0.3) is 0 Å². The maximum Gasteiger partial charge on any atom is 0.204 e. The van der Waals surface area contributed by atoms with E-state index in [2.05, 4.69) is 35.8 Å². The van der Waals surface area contributed by atoms with E-state index in [1.807, 2.05) is 6.92 Å². The lowest BCUT2D eigenvalue weighted by Gasteiger charge is -1.90. The highest BCUT2D eigenvalue weighted by Gasteiger charge is 2.00. The Morgan fingerprint density at radius 3 is 2.64 bits per heavy atom. The van der Waals surface area contributed by atoms with Gasteiger partial charge in [-0.3, -0.25) is 4.79 Å². The largest absolute Gasteiger partial charge is 0.372 e. The molecule has 0 saturated heterocycles. The summed E-state index contributed by atoms with van der Waals surface area (Å²) in [7, 11) is 0. The molecule has 2 aromatic rings. The minimum Gasteiger partial charge on any atom is -0.372 e. The first-order valence-corrected chi connectivity index (χ1v) is 4.99. The van der Waals surface area contributed by atoms with Crippen LogP contribution in [0, 0.1) is 13.8 Å². The number of carbonyl (C=O) groups is 1. The molecule has 14 heavy (non-hydrogen) atoms. The van der Waals surface area contributed by atoms with Gasteiger partial charge in [0.2, 0.25) is 6.41 Å². The van der Waals surface area contributed by atoms with Crippen molar-refractivity contribution in [3.05, 3.63) is 28.8 Å². The fourth-order valence-electron chi connectivity index (χ4n) is 1.20. The summed E-state index contributed by atoms with van der Waals surface area (Å²) in [5.41, 5.74) is 6.60. The fraction of sp³-hybridized carbons (Fsp3) is 0.200. The van der Waals surface area contributed by atoms with Crippen LogP contribution >= 0.6 is 11.3 Å². The summed E-state index contributed by atoms with van der Waals surface area (Å²) in [4.78, 5) is 13.0. The molecule has 0 fully saturated rings. The van der Waals surface area contributed by atoms with Crippen LogP contribution in [-0.4, -0.2) is 11.4 Å². The van der Waals surface area contributed by atoms with Gasteiger partial charge in [-0.2, -0.15) is 0 Å². The zero-order chi connectivity index (χ0) is 10.6. The van der Waals surface area contributed by atoms with Crippen LogP contribution in [0.3, 0.4) is 0 Å². The molecule has 0 aliphatic rings. The van der Waals surface area contributed by atoms with Crippen molar-refractivity contribution >= 4 is 28.0 Å². The molecular formula is C10H12N2OS. The van der Waals surface area contributed by atoms with Crippen LogP contribution in [0.25, 0.3) is 10.2 Å². The van der Waals surface area contributed by atoms with Gasteiger partial charge in [0.15, 0.2) is 0 Å². The van der Waals surface area contributed by atoms with E-state index in [9.17, 15) is 0 Å². The Bertz CT molecular complexity index is 437. The number of fused-ring (bicyclic) bond motifs is 1. The lowest BCUT2D eigenvalue weighted by Crippen LogP contribution is -1.82. The molecule has 1 heterocycles. The summed E-state index contributed by atoms with van der Waals surface area (Å²) in [6.45, 7) is 4.14. The first-order valence-electron chi connectivity index (χ1n) is 4.17. The fourth-order valence-corrected chi connectivity index (χ4v) is 2.10. The maximum atomic E-state index is 8.58. The van der Waals surface area contributed by atoms with Crippen LogP contribution in [0.1, 0.15) is 10.6 Å². The Morgan fingerprint density at radius 2 is 2.07 bits per heavy atom. The van der Waals surface area contributed by atoms with Gasteiger partial charge in [-0.25, -0.2) is 4.98 Å². The average molecular weight is 208 g/mol. The van der Waals surface area contributed by atoms with Gasteiger partial charge in [0.05, 0.1) is 15.2 Å². The molecule has 0 aliphatic heterocycles. The van der Waals surface area contributed by atoms with Crippen molar-refractivity contribution in [3.63, 3.8) is 0 Å². The molecule has 0 spiro atoms. The maximum absolute atomic E-state index is 8.58. The van der Waals surface area contributed by atoms with Crippen LogP contribution in [0.2, 0.25) is 0 Å². The van der Waals surface area contributed by atoms with Gasteiger partial charge in [-0.15, -0.1) is 11.3 Å². The van der Waals surface area contributed by atoms with Gasteiger partial charge in [0, 0.05) is 0 Å². The molecule has 1 aromatic heterocycles. The molecule has 74 valence electrons. The van der Waals surface area contributed by atoms with E-state index in [0.717, 1.165) is 10.5 Å². The van der Waals surface area contributed by atoms with Crippen molar-refractivity contribution < 1.29 is 4.79 Å². The predicted octanol–water partition coefficient (Wildman–Crippen LogP) is 2.01. The molecule has 2 N–H and O–H groups in total. The molecule has 0 unspecified atom stereocenters. The molecule has 3 nitrogen and oxygen atoms in total. The number of primary amides is 1. The standard InChI is InChI=1S/C9H9NS.CH3NO/c1-6-4-3-5-8-9(6)10-7(2)11-8;2-1-3/h3-5H,1-2H3;1H,(H2,2,3). The number of hydrogen-bond donors (Lipinski definition) is 1. The second kappa shape index (κ2) is 4.72. The summed E-state index contributed by atoms with van der Waals surface area (Å²) >= 11 is 1.76. The van der Waals surface area contributed by atoms with E-state index < -0.39 is 0 Å². The molecule has 0 saturated carbocycles. The van der Waals surface area contributed by atoms with Crippen LogP contribution < -0.4 is 5.73 Å². The number of thiazole rings is 1. The Labute approximate surface area is 86.6 Å². The SMILES string of the molecule is Cc1nc2c(C)cccc2s1.NC=O. The van der Waals surface area contributed by atoms with Crippen molar-refractivity contribution in [2.75, 3.05) is 0 Å². The number of nitrogens with zero attached hydrogens (tertiary/aromatic N) is 1. The Morgan fingerprint density at radius 1 is 1.43 bits per heavy atom. The van der Waals surface area contributed by atoms with Gasteiger partial charge in [-0.1, -0.05) is 12.1 Å².